The highest BCUT2D eigenvalue weighted by Crippen LogP contribution is 2.19. The molecule has 22 heavy (non-hydrogen) atoms. The number of hydrogen-bond acceptors (Lipinski definition) is 2. The van der Waals surface area contributed by atoms with Gasteiger partial charge in [0, 0.05) is 17.3 Å². The van der Waals surface area contributed by atoms with E-state index in [9.17, 15) is 4.79 Å². The summed E-state index contributed by atoms with van der Waals surface area (Å²) in [5, 5.41) is 2.95. The van der Waals surface area contributed by atoms with Crippen molar-refractivity contribution >= 4 is 24.0 Å². The Bertz CT molecular complexity index is 640. The van der Waals surface area contributed by atoms with Crippen LogP contribution in [0, 0.1) is 20.8 Å². The van der Waals surface area contributed by atoms with E-state index in [0.29, 0.717) is 0 Å². The summed E-state index contributed by atoms with van der Waals surface area (Å²) < 4.78 is 0. The Morgan fingerprint density at radius 3 is 2.00 bits per heavy atom. The van der Waals surface area contributed by atoms with Gasteiger partial charge in [0.05, 0.1) is 0 Å². The molecule has 0 aliphatic rings. The fraction of sp³-hybridized carbons (Fsp3) is 0.278. The average Bonchev–Trinajstić information content (AvgIpc) is 2.37. The van der Waals surface area contributed by atoms with Crippen LogP contribution in [0.15, 0.2) is 36.4 Å². The number of carbonyl (C=O) groups excluding carboxylic acids is 1. The molecule has 0 spiro atoms. The van der Waals surface area contributed by atoms with Crippen molar-refractivity contribution in [3.8, 4) is 0 Å². The van der Waals surface area contributed by atoms with Crippen molar-refractivity contribution in [3.05, 3.63) is 64.2 Å². The molecule has 1 atom stereocenters. The summed E-state index contributed by atoms with van der Waals surface area (Å²) >= 11 is 0. The fourth-order valence-corrected chi connectivity index (χ4v) is 2.60. The Labute approximate surface area is 138 Å². The van der Waals surface area contributed by atoms with Gasteiger partial charge in [-0.15, -0.1) is 12.4 Å². The second-order valence-corrected chi connectivity index (χ2v) is 5.64. The number of rotatable bonds is 3. The standard InChI is InChI=1S/C18H22N2O.ClH/c1-11-9-12(2)17(13(3)10-11)18(21)20-16-7-5-15(6-8-16)14(4)19;/h5-10,14H,19H2,1-4H3,(H,20,21);1H. The van der Waals surface area contributed by atoms with E-state index >= 15 is 0 Å². The molecular formula is C18H23ClN2O. The molecule has 1 unspecified atom stereocenters. The molecule has 2 aromatic rings. The van der Waals surface area contributed by atoms with E-state index in [4.69, 9.17) is 5.73 Å². The molecule has 4 heteroatoms. The molecule has 0 radical (unpaired) electrons. The number of aryl methyl sites for hydroxylation is 3. The van der Waals surface area contributed by atoms with Crippen molar-refractivity contribution in [3.63, 3.8) is 0 Å². The smallest absolute Gasteiger partial charge is 0.256 e. The molecule has 3 nitrogen and oxygen atoms in total. The monoisotopic (exact) mass is 318 g/mol. The molecule has 2 aromatic carbocycles. The zero-order valence-corrected chi connectivity index (χ0v) is 14.3. The van der Waals surface area contributed by atoms with Crippen LogP contribution < -0.4 is 11.1 Å². The van der Waals surface area contributed by atoms with Gasteiger partial charge in [-0.25, -0.2) is 0 Å². The summed E-state index contributed by atoms with van der Waals surface area (Å²) in [6.07, 6.45) is 0. The van der Waals surface area contributed by atoms with E-state index in [2.05, 4.69) is 5.32 Å². The highest BCUT2D eigenvalue weighted by Gasteiger charge is 2.13. The Kier molecular flexibility index (Phi) is 6.15. The van der Waals surface area contributed by atoms with Gasteiger partial charge in [0.2, 0.25) is 0 Å². The van der Waals surface area contributed by atoms with Gasteiger partial charge in [0.1, 0.15) is 0 Å². The molecule has 0 heterocycles. The second-order valence-electron chi connectivity index (χ2n) is 5.64. The van der Waals surface area contributed by atoms with Crippen LogP contribution in [0.5, 0.6) is 0 Å². The summed E-state index contributed by atoms with van der Waals surface area (Å²) in [5.74, 6) is -0.0708. The van der Waals surface area contributed by atoms with Gasteiger partial charge in [-0.05, 0) is 56.5 Å². The maximum absolute atomic E-state index is 12.5. The Morgan fingerprint density at radius 1 is 1.05 bits per heavy atom. The molecule has 0 aromatic heterocycles. The second kappa shape index (κ2) is 7.43. The van der Waals surface area contributed by atoms with E-state index in [1.807, 2.05) is 64.1 Å². The van der Waals surface area contributed by atoms with Crippen LogP contribution in [0.4, 0.5) is 5.69 Å². The lowest BCUT2D eigenvalue weighted by Gasteiger charge is -2.12. The molecule has 0 fully saturated rings. The molecule has 0 aliphatic heterocycles. The van der Waals surface area contributed by atoms with Gasteiger partial charge in [-0.3, -0.25) is 4.79 Å². The molecule has 0 saturated carbocycles. The predicted molar refractivity (Wildman–Crippen MR) is 94.9 cm³/mol. The Balaban J connectivity index is 0.00000242. The van der Waals surface area contributed by atoms with Gasteiger partial charge in [0.25, 0.3) is 5.91 Å². The molecule has 0 bridgehead atoms. The number of amides is 1. The maximum atomic E-state index is 12.5. The summed E-state index contributed by atoms with van der Waals surface area (Å²) in [6.45, 7) is 7.91. The number of carbonyl (C=O) groups is 1. The van der Waals surface area contributed by atoms with E-state index in [1.54, 1.807) is 0 Å². The van der Waals surface area contributed by atoms with Crippen LogP contribution in [0.1, 0.15) is 45.6 Å². The topological polar surface area (TPSA) is 55.1 Å². The lowest BCUT2D eigenvalue weighted by molar-refractivity contribution is 0.102. The van der Waals surface area contributed by atoms with Crippen molar-refractivity contribution < 1.29 is 4.79 Å². The van der Waals surface area contributed by atoms with Gasteiger partial charge in [-0.1, -0.05) is 29.8 Å². The van der Waals surface area contributed by atoms with E-state index in [0.717, 1.165) is 27.9 Å². The summed E-state index contributed by atoms with van der Waals surface area (Å²) in [4.78, 5) is 12.5. The van der Waals surface area contributed by atoms with Crippen LogP contribution in [0.25, 0.3) is 0 Å². The lowest BCUT2D eigenvalue weighted by atomic mass is 9.99. The fourth-order valence-electron chi connectivity index (χ4n) is 2.60. The number of halogens is 1. The Hall–Kier alpha value is -1.84. The number of nitrogens with one attached hydrogen (secondary N) is 1. The molecule has 118 valence electrons. The third kappa shape index (κ3) is 4.09. The van der Waals surface area contributed by atoms with Crippen molar-refractivity contribution in [2.45, 2.75) is 33.7 Å². The van der Waals surface area contributed by atoms with Crippen LogP contribution in [0.3, 0.4) is 0 Å². The van der Waals surface area contributed by atoms with Gasteiger partial charge in [0.15, 0.2) is 0 Å². The first-order valence-electron chi connectivity index (χ1n) is 7.13. The Morgan fingerprint density at radius 2 is 1.55 bits per heavy atom. The summed E-state index contributed by atoms with van der Waals surface area (Å²) in [5.41, 5.74) is 11.6. The highest BCUT2D eigenvalue weighted by molar-refractivity contribution is 6.06. The molecule has 0 saturated heterocycles. The van der Waals surface area contributed by atoms with Crippen molar-refractivity contribution in [1.29, 1.82) is 0 Å². The van der Waals surface area contributed by atoms with Crippen LogP contribution in [0.2, 0.25) is 0 Å². The zero-order chi connectivity index (χ0) is 15.6. The minimum atomic E-state index is -0.0708. The normalized spacial score (nSPS) is 11.5. The molecule has 2 rings (SSSR count). The maximum Gasteiger partial charge on any atom is 0.256 e. The first-order chi connectivity index (χ1) is 9.88. The number of hydrogen-bond donors (Lipinski definition) is 2. The average molecular weight is 319 g/mol. The first-order valence-corrected chi connectivity index (χ1v) is 7.13. The van der Waals surface area contributed by atoms with Crippen LogP contribution in [-0.4, -0.2) is 5.91 Å². The predicted octanol–water partition coefficient (Wildman–Crippen LogP) is 4.31. The first kappa shape index (κ1) is 18.2. The van der Waals surface area contributed by atoms with E-state index in [1.165, 1.54) is 5.56 Å². The summed E-state index contributed by atoms with van der Waals surface area (Å²) in [7, 11) is 0. The van der Waals surface area contributed by atoms with Crippen LogP contribution in [-0.2, 0) is 0 Å². The molecular weight excluding hydrogens is 296 g/mol. The highest BCUT2D eigenvalue weighted by atomic mass is 35.5. The quantitative estimate of drug-likeness (QED) is 0.886. The van der Waals surface area contributed by atoms with Crippen molar-refractivity contribution in [2.24, 2.45) is 5.73 Å². The van der Waals surface area contributed by atoms with Crippen molar-refractivity contribution in [1.82, 2.24) is 0 Å². The van der Waals surface area contributed by atoms with Crippen molar-refractivity contribution in [2.75, 3.05) is 5.32 Å². The molecule has 0 aliphatic carbocycles. The van der Waals surface area contributed by atoms with E-state index < -0.39 is 0 Å². The molecule has 1 amide bonds. The molecule has 3 N–H and O–H groups in total. The minimum absolute atomic E-state index is 0. The third-order valence-electron chi connectivity index (χ3n) is 3.60. The SMILES string of the molecule is Cc1cc(C)c(C(=O)Nc2ccc(C(C)N)cc2)c(C)c1.Cl. The van der Waals surface area contributed by atoms with Gasteiger partial charge < -0.3 is 11.1 Å². The van der Waals surface area contributed by atoms with Gasteiger partial charge in [-0.2, -0.15) is 0 Å². The minimum Gasteiger partial charge on any atom is -0.324 e. The van der Waals surface area contributed by atoms with Gasteiger partial charge >= 0.3 is 0 Å². The number of benzene rings is 2. The number of anilines is 1. The zero-order valence-electron chi connectivity index (χ0n) is 13.4. The lowest BCUT2D eigenvalue weighted by Crippen LogP contribution is -2.15. The number of nitrogens with two attached hydrogens (primary N) is 1. The third-order valence-corrected chi connectivity index (χ3v) is 3.60. The largest absolute Gasteiger partial charge is 0.324 e. The van der Waals surface area contributed by atoms with Crippen LogP contribution >= 0.6 is 12.4 Å². The van der Waals surface area contributed by atoms with E-state index in [-0.39, 0.29) is 24.4 Å². The summed E-state index contributed by atoms with van der Waals surface area (Å²) in [6, 6.07) is 11.7.